The highest BCUT2D eigenvalue weighted by atomic mass is 17.2. The molecule has 3 nitrogen and oxygen atoms in total. The fourth-order valence-corrected chi connectivity index (χ4v) is 1.76. The molecule has 0 unspecified atom stereocenters. The zero-order valence-electron chi connectivity index (χ0n) is 11.5. The molecule has 0 saturated carbocycles. The largest absolute Gasteiger partial charge is 0.373 e. The molecule has 0 aliphatic rings. The summed E-state index contributed by atoms with van der Waals surface area (Å²) < 4.78 is 0. The third kappa shape index (κ3) is 7.62. The molecule has 0 aliphatic heterocycles. The number of benzene rings is 1. The third-order valence-corrected chi connectivity index (χ3v) is 2.87. The van der Waals surface area contributed by atoms with E-state index in [4.69, 9.17) is 9.78 Å². The van der Waals surface area contributed by atoms with Crippen LogP contribution in [0.25, 0.3) is 0 Å². The maximum atomic E-state index is 11.5. The van der Waals surface area contributed by atoms with Crippen LogP contribution >= 0.6 is 0 Å². The van der Waals surface area contributed by atoms with Gasteiger partial charge < -0.3 is 0 Å². The first-order valence-corrected chi connectivity index (χ1v) is 7.02. The molecule has 0 amide bonds. The summed E-state index contributed by atoms with van der Waals surface area (Å²) in [6, 6.07) is 8.85. The third-order valence-electron chi connectivity index (χ3n) is 2.87. The molecule has 0 spiro atoms. The first-order chi connectivity index (χ1) is 9.34. The highest BCUT2D eigenvalue weighted by molar-refractivity contribution is 5.88. The lowest BCUT2D eigenvalue weighted by Crippen LogP contribution is -2.06. The smallest absolute Gasteiger partial charge is 0.293 e. The molecular weight excluding hydrogens is 240 g/mol. The Kier molecular flexibility index (Phi) is 8.73. The Bertz CT molecular complexity index is 335. The Balaban J connectivity index is 1.95. The predicted octanol–water partition coefficient (Wildman–Crippen LogP) is 4.34. The number of rotatable bonds is 10. The average Bonchev–Trinajstić information content (AvgIpc) is 2.46. The minimum atomic E-state index is -0.434. The second kappa shape index (κ2) is 10.6. The molecule has 0 atom stereocenters. The number of hydrogen-bond acceptors (Lipinski definition) is 3. The lowest BCUT2D eigenvalue weighted by molar-refractivity contribution is -0.241. The summed E-state index contributed by atoms with van der Waals surface area (Å²) in [6.07, 6.45) is 7.98. The minimum Gasteiger partial charge on any atom is -0.293 e. The van der Waals surface area contributed by atoms with Gasteiger partial charge >= 0.3 is 5.97 Å². The maximum Gasteiger partial charge on any atom is 0.373 e. The molecule has 3 heteroatoms. The maximum absolute atomic E-state index is 11.5. The van der Waals surface area contributed by atoms with Crippen molar-refractivity contribution in [2.24, 2.45) is 0 Å². The van der Waals surface area contributed by atoms with Gasteiger partial charge in [-0.05, 0) is 18.6 Å². The van der Waals surface area contributed by atoms with Gasteiger partial charge in [0.05, 0.1) is 12.2 Å². The molecule has 1 rings (SSSR count). The summed E-state index contributed by atoms with van der Waals surface area (Å²) in [5.41, 5.74) is 0.510. The summed E-state index contributed by atoms with van der Waals surface area (Å²) in [7, 11) is 0. The van der Waals surface area contributed by atoms with Crippen molar-refractivity contribution in [1.29, 1.82) is 0 Å². The lowest BCUT2D eigenvalue weighted by atomic mass is 10.1. The summed E-state index contributed by atoms with van der Waals surface area (Å²) >= 11 is 0. The van der Waals surface area contributed by atoms with Gasteiger partial charge in [-0.1, -0.05) is 63.6 Å². The molecule has 1 aromatic rings. The second-order valence-electron chi connectivity index (χ2n) is 4.53. The van der Waals surface area contributed by atoms with Crippen molar-refractivity contribution in [2.45, 2.75) is 44.9 Å². The first-order valence-electron chi connectivity index (χ1n) is 7.02. The van der Waals surface area contributed by atoms with Gasteiger partial charge in [0, 0.05) is 0 Å². The van der Waals surface area contributed by atoms with Gasteiger partial charge in [-0.2, -0.15) is 4.89 Å². The second-order valence-corrected chi connectivity index (χ2v) is 4.53. The minimum absolute atomic E-state index is 0.434. The molecule has 1 aromatic carbocycles. The molecule has 0 aliphatic carbocycles. The van der Waals surface area contributed by atoms with Crippen molar-refractivity contribution in [3.05, 3.63) is 42.8 Å². The van der Waals surface area contributed by atoms with E-state index in [-0.39, 0.29) is 0 Å². The predicted molar refractivity (Wildman–Crippen MR) is 75.5 cm³/mol. The van der Waals surface area contributed by atoms with E-state index in [0.29, 0.717) is 12.2 Å². The molecule has 105 valence electrons. The van der Waals surface area contributed by atoms with Gasteiger partial charge in [0.15, 0.2) is 0 Å². The van der Waals surface area contributed by atoms with E-state index >= 15 is 0 Å². The van der Waals surface area contributed by atoms with Gasteiger partial charge in [0.1, 0.15) is 0 Å². The van der Waals surface area contributed by atoms with Gasteiger partial charge in [0.2, 0.25) is 0 Å². The van der Waals surface area contributed by atoms with Crippen LogP contribution in [0.5, 0.6) is 0 Å². The van der Waals surface area contributed by atoms with Crippen LogP contribution in [0.4, 0.5) is 0 Å². The molecule has 0 heterocycles. The molecule has 1 radical (unpaired) electrons. The summed E-state index contributed by atoms with van der Waals surface area (Å²) in [5, 5.41) is 0. The molecule has 0 bridgehead atoms. The van der Waals surface area contributed by atoms with Gasteiger partial charge in [-0.25, -0.2) is 4.79 Å². The van der Waals surface area contributed by atoms with Crippen LogP contribution in [0, 0.1) is 6.92 Å². The quantitative estimate of drug-likeness (QED) is 0.358. The highest BCUT2D eigenvalue weighted by Crippen LogP contribution is 2.07. The van der Waals surface area contributed by atoms with Crippen molar-refractivity contribution < 1.29 is 14.6 Å². The molecule has 0 N–H and O–H groups in total. The van der Waals surface area contributed by atoms with Crippen molar-refractivity contribution >= 4 is 5.97 Å². The number of carbonyl (C=O) groups is 1. The molecule has 19 heavy (non-hydrogen) atoms. The first kappa shape index (κ1) is 15.7. The van der Waals surface area contributed by atoms with Crippen molar-refractivity contribution in [3.63, 3.8) is 0 Å². The van der Waals surface area contributed by atoms with Gasteiger partial charge in [0.25, 0.3) is 0 Å². The monoisotopic (exact) mass is 263 g/mol. The average molecular weight is 263 g/mol. The van der Waals surface area contributed by atoms with E-state index in [1.807, 2.05) is 6.07 Å². The van der Waals surface area contributed by atoms with E-state index in [1.165, 1.54) is 25.7 Å². The Morgan fingerprint density at radius 2 is 1.58 bits per heavy atom. The van der Waals surface area contributed by atoms with Crippen LogP contribution < -0.4 is 0 Å². The van der Waals surface area contributed by atoms with E-state index in [0.717, 1.165) is 19.3 Å². The standard InChI is InChI=1S/C16H23O3/c1-2-3-4-5-6-7-11-14-18-19-16(17)15-12-9-8-10-13-15/h8-10,12-13H,1-7,11,14H2. The van der Waals surface area contributed by atoms with E-state index in [1.54, 1.807) is 24.3 Å². The Labute approximate surface area is 115 Å². The summed E-state index contributed by atoms with van der Waals surface area (Å²) in [5.74, 6) is -0.434. The fourth-order valence-electron chi connectivity index (χ4n) is 1.76. The number of carbonyl (C=O) groups excluding carboxylic acids is 1. The van der Waals surface area contributed by atoms with Crippen molar-refractivity contribution in [2.75, 3.05) is 6.61 Å². The van der Waals surface area contributed by atoms with Gasteiger partial charge in [-0.15, -0.1) is 0 Å². The molecule has 0 fully saturated rings. The van der Waals surface area contributed by atoms with Crippen LogP contribution in [-0.4, -0.2) is 12.6 Å². The normalized spacial score (nSPS) is 10.4. The SMILES string of the molecule is [CH2]CCCCCCCCOOC(=O)c1ccccc1. The van der Waals surface area contributed by atoms with Crippen LogP contribution in [-0.2, 0) is 9.78 Å². The van der Waals surface area contributed by atoms with E-state index in [2.05, 4.69) is 6.92 Å². The Morgan fingerprint density at radius 3 is 2.26 bits per heavy atom. The van der Waals surface area contributed by atoms with E-state index in [9.17, 15) is 4.79 Å². The van der Waals surface area contributed by atoms with Crippen LogP contribution in [0.15, 0.2) is 30.3 Å². The number of hydrogen-bond donors (Lipinski definition) is 0. The Morgan fingerprint density at radius 1 is 0.947 bits per heavy atom. The van der Waals surface area contributed by atoms with Crippen LogP contribution in [0.3, 0.4) is 0 Å². The lowest BCUT2D eigenvalue weighted by Gasteiger charge is -2.04. The summed E-state index contributed by atoms with van der Waals surface area (Å²) in [6.45, 7) is 4.28. The van der Waals surface area contributed by atoms with Crippen molar-refractivity contribution in [1.82, 2.24) is 0 Å². The molecule has 0 aromatic heterocycles. The Hall–Kier alpha value is -1.35. The zero-order chi connectivity index (χ0) is 13.8. The topological polar surface area (TPSA) is 35.5 Å². The number of unbranched alkanes of at least 4 members (excludes halogenated alkanes) is 6. The van der Waals surface area contributed by atoms with E-state index < -0.39 is 5.97 Å². The summed E-state index contributed by atoms with van der Waals surface area (Å²) in [4.78, 5) is 21.1. The van der Waals surface area contributed by atoms with Crippen LogP contribution in [0.2, 0.25) is 0 Å². The van der Waals surface area contributed by atoms with Crippen LogP contribution in [0.1, 0.15) is 55.3 Å². The highest BCUT2D eigenvalue weighted by Gasteiger charge is 2.06. The van der Waals surface area contributed by atoms with Crippen molar-refractivity contribution in [3.8, 4) is 0 Å². The fraction of sp³-hybridized carbons (Fsp3) is 0.500. The zero-order valence-corrected chi connectivity index (χ0v) is 11.5. The molecule has 0 saturated heterocycles. The van der Waals surface area contributed by atoms with Gasteiger partial charge in [-0.3, -0.25) is 4.89 Å². The molecular formula is C16H23O3.